The van der Waals surface area contributed by atoms with Crippen molar-refractivity contribution in [2.24, 2.45) is 0 Å². The molecule has 0 aliphatic rings. The van der Waals surface area contributed by atoms with E-state index >= 15 is 0 Å². The van der Waals surface area contributed by atoms with Gasteiger partial charge in [0.25, 0.3) is 5.91 Å². The molecule has 0 spiro atoms. The zero-order valence-electron chi connectivity index (χ0n) is 15.6. The molecule has 1 heterocycles. The monoisotopic (exact) mass is 412 g/mol. The predicted octanol–water partition coefficient (Wildman–Crippen LogP) is 4.34. The number of nitrogens with one attached hydrogen (secondary N) is 1. The Kier molecular flexibility index (Phi) is 6.13. The molecular weight excluding hydrogens is 395 g/mol. The van der Waals surface area contributed by atoms with Crippen LogP contribution in [-0.2, 0) is 9.53 Å². The molecule has 29 heavy (non-hydrogen) atoms. The van der Waals surface area contributed by atoms with E-state index in [0.717, 1.165) is 0 Å². The molecule has 2 aromatic carbocycles. The van der Waals surface area contributed by atoms with Crippen LogP contribution in [0.5, 0.6) is 0 Å². The molecule has 0 aliphatic heterocycles. The number of carbonyl (C=O) groups is 3. The van der Waals surface area contributed by atoms with E-state index in [1.165, 1.54) is 42.7 Å². The van der Waals surface area contributed by atoms with Gasteiger partial charge in [0.05, 0.1) is 0 Å². The van der Waals surface area contributed by atoms with Crippen molar-refractivity contribution in [3.05, 3.63) is 71.0 Å². The first-order valence-electron chi connectivity index (χ1n) is 8.68. The average Bonchev–Trinajstić information content (AvgIpc) is 3.19. The number of ketones is 1. The molecule has 1 amide bonds. The lowest BCUT2D eigenvalue weighted by Crippen LogP contribution is -2.30. The average molecular weight is 412 g/mol. The van der Waals surface area contributed by atoms with Crippen LogP contribution in [0, 0.1) is 5.82 Å². The fraction of sp³-hybridized carbons (Fsp3) is 0.143. The molecular formula is C21H17FN2O4S. The minimum Gasteiger partial charge on any atom is -0.448 e. The number of hydrogen-bond acceptors (Lipinski definition) is 6. The number of benzene rings is 2. The van der Waals surface area contributed by atoms with Crippen LogP contribution in [0.15, 0.2) is 53.9 Å². The second kappa shape index (κ2) is 8.74. The fourth-order valence-corrected chi connectivity index (χ4v) is 3.19. The number of aromatic nitrogens is 1. The maximum atomic E-state index is 13.0. The first-order valence-corrected chi connectivity index (χ1v) is 9.56. The van der Waals surface area contributed by atoms with E-state index in [1.807, 2.05) is 0 Å². The van der Waals surface area contributed by atoms with Crippen LogP contribution < -0.4 is 5.32 Å². The van der Waals surface area contributed by atoms with Crippen molar-refractivity contribution in [3.8, 4) is 10.6 Å². The molecule has 6 nitrogen and oxygen atoms in total. The van der Waals surface area contributed by atoms with Gasteiger partial charge in [-0.1, -0.05) is 0 Å². The minimum absolute atomic E-state index is 0.0692. The largest absolute Gasteiger partial charge is 0.448 e. The highest BCUT2D eigenvalue weighted by Gasteiger charge is 2.21. The zero-order valence-corrected chi connectivity index (χ0v) is 16.5. The number of rotatable bonds is 6. The third kappa shape index (κ3) is 5.11. The molecule has 8 heteroatoms. The molecule has 0 radical (unpaired) electrons. The van der Waals surface area contributed by atoms with Crippen molar-refractivity contribution in [1.29, 1.82) is 0 Å². The summed E-state index contributed by atoms with van der Waals surface area (Å²) in [5, 5.41) is 4.68. The van der Waals surface area contributed by atoms with Crippen LogP contribution in [0.1, 0.15) is 34.7 Å². The Hall–Kier alpha value is -3.39. The molecule has 0 bridgehead atoms. The number of thiazole rings is 1. The Balaban J connectivity index is 1.60. The van der Waals surface area contributed by atoms with Crippen LogP contribution >= 0.6 is 11.3 Å². The maximum absolute atomic E-state index is 13.0. The van der Waals surface area contributed by atoms with E-state index in [2.05, 4.69) is 10.3 Å². The van der Waals surface area contributed by atoms with E-state index in [4.69, 9.17) is 4.74 Å². The molecule has 3 rings (SSSR count). The van der Waals surface area contributed by atoms with Gasteiger partial charge >= 0.3 is 5.97 Å². The second-order valence-electron chi connectivity index (χ2n) is 6.22. The van der Waals surface area contributed by atoms with Crippen LogP contribution in [0.2, 0.25) is 0 Å². The number of hydrogen-bond donors (Lipinski definition) is 1. The third-order valence-electron chi connectivity index (χ3n) is 4.02. The lowest BCUT2D eigenvalue weighted by Gasteiger charge is -2.13. The van der Waals surface area contributed by atoms with Gasteiger partial charge in [-0.3, -0.25) is 9.59 Å². The summed E-state index contributed by atoms with van der Waals surface area (Å²) in [5.41, 5.74) is 1.76. The molecule has 0 unspecified atom stereocenters. The van der Waals surface area contributed by atoms with Crippen molar-refractivity contribution in [2.75, 3.05) is 5.32 Å². The molecule has 3 aromatic rings. The first kappa shape index (κ1) is 20.3. The Morgan fingerprint density at radius 3 is 2.34 bits per heavy atom. The van der Waals surface area contributed by atoms with Gasteiger partial charge in [0.15, 0.2) is 17.6 Å². The number of Topliss-reactive ketones (excluding diaryl/α,β-unsaturated/α-hetero) is 1. The van der Waals surface area contributed by atoms with Gasteiger partial charge in [-0.25, -0.2) is 14.2 Å². The topological polar surface area (TPSA) is 85.4 Å². The lowest BCUT2D eigenvalue weighted by molar-refractivity contribution is -0.123. The Morgan fingerprint density at radius 1 is 1.07 bits per heavy atom. The summed E-state index contributed by atoms with van der Waals surface area (Å²) in [5.74, 6) is -1.68. The summed E-state index contributed by atoms with van der Waals surface area (Å²) >= 11 is 1.22. The molecule has 0 fully saturated rings. The molecule has 148 valence electrons. The highest BCUT2D eigenvalue weighted by Crippen LogP contribution is 2.24. The summed E-state index contributed by atoms with van der Waals surface area (Å²) in [6.07, 6.45) is -1.05. The number of amides is 1. The van der Waals surface area contributed by atoms with E-state index in [-0.39, 0.29) is 17.3 Å². The SMILES string of the molecule is CC(=O)c1ccc(NC(=O)[C@H](C)OC(=O)c2csc(-c3ccc(F)cc3)n2)cc1. The molecule has 1 atom stereocenters. The fourth-order valence-electron chi connectivity index (χ4n) is 2.40. The van der Waals surface area contributed by atoms with Crippen LogP contribution in [-0.4, -0.2) is 28.7 Å². The Labute approximate surface area is 170 Å². The molecule has 0 aliphatic carbocycles. The normalized spacial score (nSPS) is 11.6. The molecule has 0 saturated heterocycles. The van der Waals surface area contributed by atoms with Crippen molar-refractivity contribution in [1.82, 2.24) is 4.98 Å². The first-order chi connectivity index (χ1) is 13.8. The number of ether oxygens (including phenoxy) is 1. The Bertz CT molecular complexity index is 1050. The molecule has 0 saturated carbocycles. The maximum Gasteiger partial charge on any atom is 0.358 e. The summed E-state index contributed by atoms with van der Waals surface area (Å²) in [4.78, 5) is 40.0. The molecule has 1 aromatic heterocycles. The van der Waals surface area contributed by atoms with Crippen LogP contribution in [0.3, 0.4) is 0 Å². The van der Waals surface area contributed by atoms with Crippen molar-refractivity contribution in [3.63, 3.8) is 0 Å². The minimum atomic E-state index is -1.05. The smallest absolute Gasteiger partial charge is 0.358 e. The number of esters is 1. The predicted molar refractivity (Wildman–Crippen MR) is 107 cm³/mol. The van der Waals surface area contributed by atoms with E-state index in [1.54, 1.807) is 36.4 Å². The number of halogens is 1. The number of carbonyl (C=O) groups excluding carboxylic acids is 3. The summed E-state index contributed by atoms with van der Waals surface area (Å²) in [6, 6.07) is 12.1. The van der Waals surface area contributed by atoms with Crippen LogP contribution in [0.25, 0.3) is 10.6 Å². The van der Waals surface area contributed by atoms with Crippen molar-refractivity contribution in [2.45, 2.75) is 20.0 Å². The van der Waals surface area contributed by atoms with Gasteiger partial charge in [0, 0.05) is 22.2 Å². The summed E-state index contributed by atoms with van der Waals surface area (Å²) < 4.78 is 18.2. The quantitative estimate of drug-likeness (QED) is 0.481. The van der Waals surface area contributed by atoms with Crippen molar-refractivity contribution >= 4 is 34.7 Å². The van der Waals surface area contributed by atoms with Crippen molar-refractivity contribution < 1.29 is 23.5 Å². The molecule has 1 N–H and O–H groups in total. The lowest BCUT2D eigenvalue weighted by atomic mass is 10.1. The second-order valence-corrected chi connectivity index (χ2v) is 7.07. The van der Waals surface area contributed by atoms with Gasteiger partial charge in [-0.05, 0) is 62.4 Å². The van der Waals surface area contributed by atoms with Gasteiger partial charge in [0.1, 0.15) is 10.8 Å². The van der Waals surface area contributed by atoms with Gasteiger partial charge in [0.2, 0.25) is 0 Å². The number of anilines is 1. The van der Waals surface area contributed by atoms with Gasteiger partial charge in [-0.2, -0.15) is 0 Å². The zero-order chi connectivity index (χ0) is 21.0. The summed E-state index contributed by atoms with van der Waals surface area (Å²) in [7, 11) is 0. The number of nitrogens with zero attached hydrogens (tertiary/aromatic N) is 1. The van der Waals surface area contributed by atoms with E-state index in [9.17, 15) is 18.8 Å². The highest BCUT2D eigenvalue weighted by atomic mass is 32.1. The summed E-state index contributed by atoms with van der Waals surface area (Å²) in [6.45, 7) is 2.90. The van der Waals surface area contributed by atoms with E-state index in [0.29, 0.717) is 21.8 Å². The standard InChI is InChI=1S/C21H17FN2O4S/c1-12(25)14-5-9-17(10-6-14)23-19(26)13(2)28-21(27)18-11-29-20(24-18)15-3-7-16(22)8-4-15/h3-11,13H,1-2H3,(H,23,26)/t13-/m0/s1. The third-order valence-corrected chi connectivity index (χ3v) is 4.91. The van der Waals surface area contributed by atoms with Gasteiger partial charge < -0.3 is 10.1 Å². The van der Waals surface area contributed by atoms with E-state index < -0.39 is 18.0 Å². The van der Waals surface area contributed by atoms with Crippen LogP contribution in [0.4, 0.5) is 10.1 Å². The van der Waals surface area contributed by atoms with Gasteiger partial charge in [-0.15, -0.1) is 11.3 Å². The highest BCUT2D eigenvalue weighted by molar-refractivity contribution is 7.13. The Morgan fingerprint density at radius 2 is 1.72 bits per heavy atom.